The van der Waals surface area contributed by atoms with E-state index in [2.05, 4.69) is 15.9 Å². The fourth-order valence-corrected chi connectivity index (χ4v) is 1.89. The van der Waals surface area contributed by atoms with E-state index in [-0.39, 0.29) is 17.6 Å². The van der Waals surface area contributed by atoms with Gasteiger partial charge in [0.1, 0.15) is 0 Å². The van der Waals surface area contributed by atoms with E-state index in [1.807, 2.05) is 0 Å². The van der Waals surface area contributed by atoms with Gasteiger partial charge in [0.25, 0.3) is 5.91 Å². The summed E-state index contributed by atoms with van der Waals surface area (Å²) in [6.45, 7) is 0.496. The summed E-state index contributed by atoms with van der Waals surface area (Å²) in [6.07, 6.45) is 2.19. The van der Waals surface area contributed by atoms with Crippen LogP contribution >= 0.6 is 15.9 Å². The quantitative estimate of drug-likeness (QED) is 0.736. The van der Waals surface area contributed by atoms with E-state index in [4.69, 9.17) is 4.42 Å². The molecule has 0 N–H and O–H groups in total. The first-order valence-corrected chi connectivity index (χ1v) is 5.58. The minimum Gasteiger partial charge on any atom is -0.444 e. The molecule has 1 aliphatic heterocycles. The molecule has 1 saturated heterocycles. The van der Waals surface area contributed by atoms with Gasteiger partial charge in [-0.05, 0) is 40.9 Å². The molecule has 80 valence electrons. The number of likely N-dealkylation sites (tertiary alicyclic amines) is 1. The van der Waals surface area contributed by atoms with Gasteiger partial charge in [-0.2, -0.15) is 0 Å². The minimum absolute atomic E-state index is 0.112. The first-order chi connectivity index (χ1) is 7.18. The topological polar surface area (TPSA) is 50.5 Å². The smallest absolute Gasteiger partial charge is 0.296 e. The SMILES string of the molecule is O=C1CCCCN1C(=O)c1ccc(Br)o1. The Kier molecular flexibility index (Phi) is 2.90. The van der Waals surface area contributed by atoms with Crippen LogP contribution in [-0.4, -0.2) is 23.3 Å². The molecule has 2 heterocycles. The van der Waals surface area contributed by atoms with Gasteiger partial charge in [-0.15, -0.1) is 0 Å². The number of carbonyl (C=O) groups excluding carboxylic acids is 2. The number of halogens is 1. The van der Waals surface area contributed by atoms with Gasteiger partial charge >= 0.3 is 0 Å². The molecular weight excluding hydrogens is 262 g/mol. The molecule has 2 rings (SSSR count). The third-order valence-corrected chi connectivity index (χ3v) is 2.78. The Balaban J connectivity index is 2.16. The zero-order chi connectivity index (χ0) is 10.8. The van der Waals surface area contributed by atoms with E-state index in [1.54, 1.807) is 12.1 Å². The molecule has 5 heteroatoms. The Labute approximate surface area is 95.4 Å². The van der Waals surface area contributed by atoms with Crippen molar-refractivity contribution in [2.24, 2.45) is 0 Å². The van der Waals surface area contributed by atoms with Crippen LogP contribution in [0, 0.1) is 0 Å². The van der Waals surface area contributed by atoms with Crippen LogP contribution in [0.3, 0.4) is 0 Å². The van der Waals surface area contributed by atoms with E-state index in [0.717, 1.165) is 12.8 Å². The highest BCUT2D eigenvalue weighted by Gasteiger charge is 2.27. The second-order valence-electron chi connectivity index (χ2n) is 3.41. The molecule has 2 amide bonds. The first-order valence-electron chi connectivity index (χ1n) is 4.78. The summed E-state index contributed by atoms with van der Waals surface area (Å²) < 4.78 is 5.62. The molecule has 0 unspecified atom stereocenters. The highest BCUT2D eigenvalue weighted by molar-refractivity contribution is 9.10. The molecule has 15 heavy (non-hydrogen) atoms. The average molecular weight is 272 g/mol. The van der Waals surface area contributed by atoms with Gasteiger partial charge in [0, 0.05) is 13.0 Å². The number of rotatable bonds is 1. The lowest BCUT2D eigenvalue weighted by Gasteiger charge is -2.23. The number of hydrogen-bond donors (Lipinski definition) is 0. The Hall–Kier alpha value is -1.10. The lowest BCUT2D eigenvalue weighted by molar-refractivity contribution is -0.130. The molecular formula is C10H10BrNO3. The minimum atomic E-state index is -0.342. The van der Waals surface area contributed by atoms with Crippen molar-refractivity contribution in [1.29, 1.82) is 0 Å². The normalized spacial score (nSPS) is 16.9. The third kappa shape index (κ3) is 2.12. The van der Waals surface area contributed by atoms with E-state index in [1.165, 1.54) is 4.90 Å². The molecule has 0 saturated carbocycles. The number of hydrogen-bond acceptors (Lipinski definition) is 3. The van der Waals surface area contributed by atoms with Crippen molar-refractivity contribution in [1.82, 2.24) is 4.90 Å². The van der Waals surface area contributed by atoms with Gasteiger partial charge in [0.15, 0.2) is 10.4 Å². The van der Waals surface area contributed by atoms with Crippen LogP contribution in [-0.2, 0) is 4.79 Å². The van der Waals surface area contributed by atoms with Gasteiger partial charge in [-0.3, -0.25) is 14.5 Å². The first kappa shape index (κ1) is 10.4. The van der Waals surface area contributed by atoms with Crippen LogP contribution in [0.2, 0.25) is 0 Å². The monoisotopic (exact) mass is 271 g/mol. The van der Waals surface area contributed by atoms with Gasteiger partial charge in [-0.1, -0.05) is 0 Å². The second kappa shape index (κ2) is 4.18. The molecule has 0 aromatic carbocycles. The standard InChI is InChI=1S/C10H10BrNO3/c11-8-5-4-7(15-8)10(14)12-6-2-1-3-9(12)13/h4-5H,1-3,6H2. The van der Waals surface area contributed by atoms with Gasteiger partial charge in [0.05, 0.1) is 0 Å². The zero-order valence-electron chi connectivity index (χ0n) is 8.03. The molecule has 1 aliphatic rings. The van der Waals surface area contributed by atoms with Gasteiger partial charge in [0.2, 0.25) is 5.91 Å². The van der Waals surface area contributed by atoms with E-state index >= 15 is 0 Å². The second-order valence-corrected chi connectivity index (χ2v) is 4.19. The van der Waals surface area contributed by atoms with Crippen molar-refractivity contribution in [2.45, 2.75) is 19.3 Å². The molecule has 0 radical (unpaired) electrons. The van der Waals surface area contributed by atoms with Crippen molar-refractivity contribution < 1.29 is 14.0 Å². The average Bonchev–Trinajstić information content (AvgIpc) is 2.65. The van der Waals surface area contributed by atoms with E-state index in [9.17, 15) is 9.59 Å². The Morgan fingerprint density at radius 1 is 1.40 bits per heavy atom. The summed E-state index contributed by atoms with van der Waals surface area (Å²) in [5, 5.41) is 0. The molecule has 1 aromatic rings. The number of carbonyl (C=O) groups is 2. The fourth-order valence-electron chi connectivity index (χ4n) is 1.58. The number of piperidine rings is 1. The predicted molar refractivity (Wildman–Crippen MR) is 56.3 cm³/mol. The van der Waals surface area contributed by atoms with E-state index < -0.39 is 0 Å². The number of nitrogens with zero attached hydrogens (tertiary/aromatic N) is 1. The summed E-state index contributed by atoms with van der Waals surface area (Å²) in [5.74, 6) is -0.249. The van der Waals surface area contributed by atoms with Gasteiger partial charge in [-0.25, -0.2) is 0 Å². The molecule has 4 nitrogen and oxygen atoms in total. The predicted octanol–water partition coefficient (Wildman–Crippen LogP) is 2.19. The molecule has 0 spiro atoms. The lowest BCUT2D eigenvalue weighted by atomic mass is 10.1. The molecule has 0 bridgehead atoms. The summed E-state index contributed by atoms with van der Waals surface area (Å²) in [7, 11) is 0. The van der Waals surface area contributed by atoms with Crippen LogP contribution in [0.25, 0.3) is 0 Å². The molecule has 1 aromatic heterocycles. The highest BCUT2D eigenvalue weighted by Crippen LogP contribution is 2.18. The van der Waals surface area contributed by atoms with Crippen molar-refractivity contribution in [2.75, 3.05) is 6.54 Å². The van der Waals surface area contributed by atoms with Crippen molar-refractivity contribution in [3.8, 4) is 0 Å². The maximum Gasteiger partial charge on any atom is 0.296 e. The molecule has 1 fully saturated rings. The Morgan fingerprint density at radius 2 is 2.20 bits per heavy atom. The summed E-state index contributed by atoms with van der Waals surface area (Å²) in [4.78, 5) is 24.5. The highest BCUT2D eigenvalue weighted by atomic mass is 79.9. The van der Waals surface area contributed by atoms with Crippen LogP contribution in [0.15, 0.2) is 21.2 Å². The lowest BCUT2D eigenvalue weighted by Crippen LogP contribution is -2.40. The van der Waals surface area contributed by atoms with Crippen molar-refractivity contribution in [3.63, 3.8) is 0 Å². The fraction of sp³-hybridized carbons (Fsp3) is 0.400. The number of furan rings is 1. The molecule has 0 atom stereocenters. The maximum atomic E-state index is 11.8. The summed E-state index contributed by atoms with van der Waals surface area (Å²) in [5.41, 5.74) is 0. The summed E-state index contributed by atoms with van der Waals surface area (Å²) >= 11 is 3.12. The Bertz CT molecular complexity index is 399. The maximum absolute atomic E-state index is 11.8. The Morgan fingerprint density at radius 3 is 2.80 bits per heavy atom. The molecule has 0 aliphatic carbocycles. The number of imide groups is 1. The van der Waals surface area contributed by atoms with Gasteiger partial charge < -0.3 is 4.42 Å². The van der Waals surface area contributed by atoms with Crippen LogP contribution in [0.5, 0.6) is 0 Å². The van der Waals surface area contributed by atoms with Crippen molar-refractivity contribution in [3.05, 3.63) is 22.6 Å². The van der Waals surface area contributed by atoms with E-state index in [0.29, 0.717) is 17.6 Å². The zero-order valence-corrected chi connectivity index (χ0v) is 9.62. The van der Waals surface area contributed by atoms with Crippen LogP contribution in [0.4, 0.5) is 0 Å². The third-order valence-electron chi connectivity index (χ3n) is 2.35. The van der Waals surface area contributed by atoms with Crippen molar-refractivity contribution >= 4 is 27.7 Å². The van der Waals surface area contributed by atoms with Crippen LogP contribution < -0.4 is 0 Å². The summed E-state index contributed by atoms with van der Waals surface area (Å²) in [6, 6.07) is 3.20. The van der Waals surface area contributed by atoms with Crippen LogP contribution in [0.1, 0.15) is 29.8 Å². The number of amides is 2. The largest absolute Gasteiger partial charge is 0.444 e.